The molecule has 0 unspecified atom stereocenters. The minimum Gasteiger partial charge on any atom is -1.00 e. The van der Waals surface area contributed by atoms with Crippen molar-refractivity contribution in [3.05, 3.63) is 34.7 Å². The lowest BCUT2D eigenvalue weighted by Gasteiger charge is -2.12. The van der Waals surface area contributed by atoms with E-state index in [4.69, 9.17) is 5.73 Å². The summed E-state index contributed by atoms with van der Waals surface area (Å²) in [5.41, 5.74) is 6.78. The molecule has 112 valence electrons. The van der Waals surface area contributed by atoms with Crippen LogP contribution in [0.3, 0.4) is 0 Å². The van der Waals surface area contributed by atoms with Gasteiger partial charge in [-0.25, -0.2) is 0 Å². The van der Waals surface area contributed by atoms with E-state index in [0.29, 0.717) is 5.84 Å². The Kier molecular flexibility index (Phi) is 5.31. The van der Waals surface area contributed by atoms with Crippen LogP contribution in [0.4, 0.5) is 0 Å². The number of aliphatic imine (C=N–C) groups is 1. The normalized spacial score (nSPS) is 20.4. The number of hydrogen-bond donors (Lipinski definition) is 2. The lowest BCUT2D eigenvalue weighted by molar-refractivity contribution is -0.535. The lowest BCUT2D eigenvalue weighted by atomic mass is 10.2. The van der Waals surface area contributed by atoms with Crippen LogP contribution in [-0.2, 0) is 0 Å². The van der Waals surface area contributed by atoms with Gasteiger partial charge < -0.3 is 23.2 Å². The molecule has 0 spiro atoms. The molecular weight excluding hydrogens is 306 g/mol. The van der Waals surface area contributed by atoms with E-state index in [-0.39, 0.29) is 18.2 Å². The highest BCUT2D eigenvalue weighted by molar-refractivity contribution is 8.18. The largest absolute Gasteiger partial charge is 1.00 e. The number of rotatable bonds is 1. The molecule has 6 heteroatoms. The third kappa shape index (κ3) is 3.60. The Morgan fingerprint density at radius 3 is 2.62 bits per heavy atom. The third-order valence-corrected chi connectivity index (χ3v) is 4.60. The fraction of sp³-hybridized carbons (Fsp3) is 0.333. The van der Waals surface area contributed by atoms with Crippen molar-refractivity contribution in [1.82, 2.24) is 0 Å². The monoisotopic (exact) mass is 323 g/mol. The van der Waals surface area contributed by atoms with Crippen LogP contribution in [0.1, 0.15) is 24.8 Å². The van der Waals surface area contributed by atoms with Gasteiger partial charge in [-0.15, -0.1) is 0 Å². The molecule has 0 aromatic heterocycles. The molecule has 0 atom stereocenters. The van der Waals surface area contributed by atoms with E-state index in [1.165, 1.54) is 19.3 Å². The minimum absolute atomic E-state index is 0. The van der Waals surface area contributed by atoms with Crippen LogP contribution < -0.4 is 18.1 Å². The van der Waals surface area contributed by atoms with Gasteiger partial charge in [-0.3, -0.25) is 4.58 Å². The summed E-state index contributed by atoms with van der Waals surface area (Å²) in [6, 6.07) is 7.25. The Labute approximate surface area is 134 Å². The van der Waals surface area contributed by atoms with Gasteiger partial charge in [0.2, 0.25) is 0 Å². The second-order valence-electron chi connectivity index (χ2n) is 5.00. The number of phenolic OH excluding ortho intramolecular Hbond substituents is 1. The molecule has 1 aromatic rings. The summed E-state index contributed by atoms with van der Waals surface area (Å²) in [5, 5.41) is 10.8. The number of halogens is 1. The molecule has 21 heavy (non-hydrogen) atoms. The fourth-order valence-corrected chi connectivity index (χ4v) is 3.39. The Morgan fingerprint density at radius 1 is 1.19 bits per heavy atom. The summed E-state index contributed by atoms with van der Waals surface area (Å²) in [6.45, 7) is 2.12. The van der Waals surface area contributed by atoms with Crippen molar-refractivity contribution in [3.8, 4) is 5.75 Å². The van der Waals surface area contributed by atoms with Gasteiger partial charge in [0, 0.05) is 17.3 Å². The first-order chi connectivity index (χ1) is 9.74. The molecule has 0 bridgehead atoms. The quantitative estimate of drug-likeness (QED) is 0.678. The van der Waals surface area contributed by atoms with E-state index >= 15 is 0 Å². The highest BCUT2D eigenvalue weighted by Crippen LogP contribution is 2.30. The zero-order chi connectivity index (χ0) is 13.9. The second kappa shape index (κ2) is 7.00. The predicted octanol–water partition coefficient (Wildman–Crippen LogP) is -0.607. The lowest BCUT2D eigenvalue weighted by Crippen LogP contribution is -3.00. The van der Waals surface area contributed by atoms with Gasteiger partial charge in [-0.1, -0.05) is 18.2 Å². The standard InChI is InChI=1S/C15H17N3OS.ClH/c16-14-13(10-11-6-2-3-7-12(11)19)20-15(17-14)18-8-4-1-5-9-18;/h2-3,6-7,10H,1,4-5,8-9H2,(H2,16,19);1H. The molecule has 4 nitrogen and oxygen atoms in total. The van der Waals surface area contributed by atoms with Gasteiger partial charge in [0.25, 0.3) is 5.84 Å². The number of nitrogens with zero attached hydrogens (tertiary/aromatic N) is 2. The predicted molar refractivity (Wildman–Crippen MR) is 84.1 cm³/mol. The number of amidine groups is 2. The summed E-state index contributed by atoms with van der Waals surface area (Å²) in [5.74, 6) is 0.804. The van der Waals surface area contributed by atoms with Gasteiger partial charge >= 0.3 is 5.17 Å². The first-order valence-electron chi connectivity index (χ1n) is 6.88. The van der Waals surface area contributed by atoms with Crippen molar-refractivity contribution in [3.63, 3.8) is 0 Å². The average molecular weight is 324 g/mol. The number of nitrogens with two attached hydrogens (primary N) is 1. The number of phenols is 1. The SMILES string of the molecule is NC1=NC(=[N+]2CCCCC2)SC1=Cc1ccccc1O.[Cl-]. The molecule has 3 N–H and O–H groups in total. The number of thioether (sulfide) groups is 1. The van der Waals surface area contributed by atoms with Crippen LogP contribution in [0.15, 0.2) is 34.2 Å². The Bertz CT molecular complexity index is 617. The zero-order valence-corrected chi connectivity index (χ0v) is 13.2. The summed E-state index contributed by atoms with van der Waals surface area (Å²) < 4.78 is 2.30. The minimum atomic E-state index is 0. The van der Waals surface area contributed by atoms with Crippen LogP contribution in [0, 0.1) is 0 Å². The Morgan fingerprint density at radius 2 is 1.90 bits per heavy atom. The van der Waals surface area contributed by atoms with Crippen LogP contribution in [0.2, 0.25) is 0 Å². The van der Waals surface area contributed by atoms with E-state index in [9.17, 15) is 5.11 Å². The number of hydrogen-bond acceptors (Lipinski definition) is 3. The summed E-state index contributed by atoms with van der Waals surface area (Å²) in [7, 11) is 0. The van der Waals surface area contributed by atoms with E-state index in [2.05, 4.69) is 9.57 Å². The van der Waals surface area contributed by atoms with Crippen LogP contribution >= 0.6 is 11.8 Å². The van der Waals surface area contributed by atoms with Crippen molar-refractivity contribution in [1.29, 1.82) is 0 Å². The van der Waals surface area contributed by atoms with E-state index in [1.54, 1.807) is 17.8 Å². The first kappa shape index (κ1) is 15.9. The van der Waals surface area contributed by atoms with Crippen molar-refractivity contribution < 1.29 is 22.1 Å². The molecule has 1 saturated heterocycles. The summed E-state index contributed by atoms with van der Waals surface area (Å²) >= 11 is 1.59. The van der Waals surface area contributed by atoms with Gasteiger partial charge in [0.1, 0.15) is 5.75 Å². The van der Waals surface area contributed by atoms with Crippen molar-refractivity contribution >= 4 is 28.8 Å². The van der Waals surface area contributed by atoms with E-state index < -0.39 is 0 Å². The highest BCUT2D eigenvalue weighted by Gasteiger charge is 2.29. The molecule has 0 amide bonds. The van der Waals surface area contributed by atoms with Gasteiger partial charge in [0.15, 0.2) is 0 Å². The van der Waals surface area contributed by atoms with Crippen LogP contribution in [0.25, 0.3) is 6.08 Å². The smallest absolute Gasteiger partial charge is 0.362 e. The molecule has 1 fully saturated rings. The number of benzene rings is 1. The van der Waals surface area contributed by atoms with Crippen LogP contribution in [-0.4, -0.2) is 33.8 Å². The molecular formula is C15H18ClN3OS. The maximum Gasteiger partial charge on any atom is 0.362 e. The van der Waals surface area contributed by atoms with E-state index in [0.717, 1.165) is 28.7 Å². The molecule has 3 rings (SSSR count). The third-order valence-electron chi connectivity index (χ3n) is 3.52. The highest BCUT2D eigenvalue weighted by atomic mass is 35.5. The van der Waals surface area contributed by atoms with Crippen LogP contribution in [0.5, 0.6) is 5.75 Å². The van der Waals surface area contributed by atoms with E-state index in [1.807, 2.05) is 24.3 Å². The summed E-state index contributed by atoms with van der Waals surface area (Å²) in [4.78, 5) is 5.38. The molecule has 0 aliphatic carbocycles. The molecule has 2 heterocycles. The van der Waals surface area contributed by atoms with Gasteiger partial charge in [0.05, 0.1) is 18.0 Å². The molecule has 0 saturated carbocycles. The number of aromatic hydroxyl groups is 1. The van der Waals surface area contributed by atoms with Gasteiger partial charge in [-0.05, 0) is 36.4 Å². The zero-order valence-electron chi connectivity index (χ0n) is 11.6. The second-order valence-corrected chi connectivity index (χ2v) is 6.01. The van der Waals surface area contributed by atoms with Crippen molar-refractivity contribution in [2.75, 3.05) is 13.1 Å². The maximum atomic E-state index is 9.82. The Balaban J connectivity index is 0.00000161. The number of piperidine rings is 1. The molecule has 2 aliphatic heterocycles. The fourth-order valence-electron chi connectivity index (χ4n) is 2.41. The average Bonchev–Trinajstić information content (AvgIpc) is 2.84. The van der Waals surface area contributed by atoms with Crippen molar-refractivity contribution in [2.45, 2.75) is 19.3 Å². The molecule has 0 radical (unpaired) electrons. The van der Waals surface area contributed by atoms with Gasteiger partial charge in [-0.2, -0.15) is 0 Å². The molecule has 1 aromatic carbocycles. The molecule has 2 aliphatic rings. The Hall–Kier alpha value is -1.46. The topological polar surface area (TPSA) is 61.6 Å². The van der Waals surface area contributed by atoms with Crippen molar-refractivity contribution in [2.24, 2.45) is 10.7 Å². The maximum absolute atomic E-state index is 9.82. The summed E-state index contributed by atoms with van der Waals surface area (Å²) in [6.07, 6.45) is 5.64. The number of para-hydroxylation sites is 1. The first-order valence-corrected chi connectivity index (χ1v) is 7.70.